The Kier molecular flexibility index (Phi) is 55.6. The van der Waals surface area contributed by atoms with E-state index in [4.69, 9.17) is 18.5 Å². The number of carbonyl (C=O) groups excluding carboxylic acids is 2. The molecule has 1 N–H and O–H groups in total. The van der Waals surface area contributed by atoms with Gasteiger partial charge in [0.15, 0.2) is 6.10 Å². The zero-order chi connectivity index (χ0) is 54.9. The predicted molar refractivity (Wildman–Crippen MR) is 321 cm³/mol. The van der Waals surface area contributed by atoms with Crippen molar-refractivity contribution in [3.8, 4) is 0 Å². The summed E-state index contributed by atoms with van der Waals surface area (Å²) in [6.45, 7) is 4.48. The standard InChI is InChI=1S/C65H124NO8P/c1-6-8-10-12-14-16-18-20-22-24-26-27-28-29-30-31-32-33-34-35-36-37-38-39-40-42-44-46-48-50-52-54-56-58-65(68)74-63(62-73-75(69,70)72-60-59-66(3,4)5)61-71-64(67)57-55-53-51-49-47-45-43-41-25-23-21-19-17-15-13-11-9-7-2/h18,20,24,26,28-29,63H,6-17,19,21-23,25,27,30-62H2,1-5H3/p+1/b20-18-,26-24-,29-28-. The van der Waals surface area contributed by atoms with E-state index in [1.165, 1.54) is 238 Å². The summed E-state index contributed by atoms with van der Waals surface area (Å²) < 4.78 is 34.6. The highest BCUT2D eigenvalue weighted by Crippen LogP contribution is 2.43. The second-order valence-electron chi connectivity index (χ2n) is 23.2. The first-order valence-corrected chi connectivity index (χ1v) is 33.7. The molecule has 442 valence electrons. The van der Waals surface area contributed by atoms with E-state index in [-0.39, 0.29) is 25.6 Å². The number of rotatable bonds is 60. The molecule has 2 atom stereocenters. The number of unbranched alkanes of at least 4 members (excludes halogenated alkanes) is 40. The molecule has 0 spiro atoms. The summed E-state index contributed by atoms with van der Waals surface area (Å²) in [6, 6.07) is 0. The first-order valence-electron chi connectivity index (χ1n) is 32.2. The zero-order valence-electron chi connectivity index (χ0n) is 50.3. The molecular formula is C65H125NO8P+. The molecule has 0 aliphatic carbocycles. The first-order chi connectivity index (χ1) is 36.5. The van der Waals surface area contributed by atoms with Gasteiger partial charge in [-0.2, -0.15) is 0 Å². The molecule has 0 heterocycles. The number of likely N-dealkylation sites (N-methyl/N-ethyl adjacent to an activating group) is 1. The molecule has 0 aromatic carbocycles. The van der Waals surface area contributed by atoms with Crippen molar-refractivity contribution in [2.45, 2.75) is 322 Å². The molecule has 0 radical (unpaired) electrons. The molecule has 0 fully saturated rings. The first kappa shape index (κ1) is 73.2. The Morgan fingerprint density at radius 3 is 1.07 bits per heavy atom. The molecule has 2 unspecified atom stereocenters. The Morgan fingerprint density at radius 2 is 0.720 bits per heavy atom. The summed E-state index contributed by atoms with van der Waals surface area (Å²) in [5, 5.41) is 0. The topological polar surface area (TPSA) is 108 Å². The largest absolute Gasteiger partial charge is 0.472 e. The monoisotopic (exact) mass is 1080 g/mol. The van der Waals surface area contributed by atoms with Gasteiger partial charge in [-0.1, -0.05) is 288 Å². The van der Waals surface area contributed by atoms with Crippen molar-refractivity contribution in [1.29, 1.82) is 0 Å². The Labute approximate surface area is 465 Å². The van der Waals surface area contributed by atoms with E-state index in [2.05, 4.69) is 50.3 Å². The van der Waals surface area contributed by atoms with Gasteiger partial charge in [0.2, 0.25) is 0 Å². The van der Waals surface area contributed by atoms with Crippen LogP contribution in [-0.2, 0) is 32.7 Å². The number of carbonyl (C=O) groups is 2. The molecule has 0 aromatic heterocycles. The minimum Gasteiger partial charge on any atom is -0.462 e. The van der Waals surface area contributed by atoms with Gasteiger partial charge in [0.1, 0.15) is 19.8 Å². The van der Waals surface area contributed by atoms with Crippen LogP contribution in [0.15, 0.2) is 36.5 Å². The predicted octanol–water partition coefficient (Wildman–Crippen LogP) is 20.3. The summed E-state index contributed by atoms with van der Waals surface area (Å²) in [5.41, 5.74) is 0. The second-order valence-corrected chi connectivity index (χ2v) is 24.6. The van der Waals surface area contributed by atoms with Crippen LogP contribution in [0.5, 0.6) is 0 Å². The lowest BCUT2D eigenvalue weighted by Crippen LogP contribution is -2.37. The number of hydrogen-bond acceptors (Lipinski definition) is 7. The third-order valence-corrected chi connectivity index (χ3v) is 15.4. The number of nitrogens with zero attached hydrogens (tertiary/aromatic N) is 1. The Hall–Kier alpha value is -1.77. The van der Waals surface area contributed by atoms with Crippen LogP contribution < -0.4 is 0 Å². The Morgan fingerprint density at radius 1 is 0.413 bits per heavy atom. The normalized spacial score (nSPS) is 13.4. The van der Waals surface area contributed by atoms with Crippen molar-refractivity contribution in [3.63, 3.8) is 0 Å². The van der Waals surface area contributed by atoms with Crippen LogP contribution in [0.1, 0.15) is 316 Å². The van der Waals surface area contributed by atoms with Crippen molar-refractivity contribution < 1.29 is 42.1 Å². The SMILES string of the molecule is CCCCCCC/C=C\C/C=C\C/C=C\CCCCCCCCCCCCCCCCCCCCC(=O)OC(COC(=O)CCCCCCCCCCCCCCCCCCCC)COP(=O)(O)OCC[N+](C)(C)C. The van der Waals surface area contributed by atoms with Crippen molar-refractivity contribution in [2.24, 2.45) is 0 Å². The lowest BCUT2D eigenvalue weighted by atomic mass is 10.0. The van der Waals surface area contributed by atoms with E-state index in [0.717, 1.165) is 44.9 Å². The van der Waals surface area contributed by atoms with E-state index >= 15 is 0 Å². The van der Waals surface area contributed by atoms with E-state index < -0.39 is 26.5 Å². The molecule has 0 rings (SSSR count). The Balaban J connectivity index is 4.01. The average molecular weight is 1080 g/mol. The number of phosphoric acid groups is 1. The lowest BCUT2D eigenvalue weighted by molar-refractivity contribution is -0.870. The van der Waals surface area contributed by atoms with Gasteiger partial charge in [0.05, 0.1) is 27.7 Å². The number of allylic oxidation sites excluding steroid dienone is 6. The zero-order valence-corrected chi connectivity index (χ0v) is 51.2. The molecule has 0 aromatic rings. The van der Waals surface area contributed by atoms with Crippen molar-refractivity contribution in [3.05, 3.63) is 36.5 Å². The second kappa shape index (κ2) is 56.9. The molecule has 10 heteroatoms. The van der Waals surface area contributed by atoms with Gasteiger partial charge in [-0.15, -0.1) is 0 Å². The summed E-state index contributed by atoms with van der Waals surface area (Å²) in [7, 11) is 1.49. The highest BCUT2D eigenvalue weighted by Gasteiger charge is 2.27. The fourth-order valence-electron chi connectivity index (χ4n) is 9.44. The fraction of sp³-hybridized carbons (Fsp3) is 0.877. The maximum absolute atomic E-state index is 12.8. The molecule has 0 aliphatic rings. The van der Waals surface area contributed by atoms with Crippen molar-refractivity contribution in [1.82, 2.24) is 0 Å². The van der Waals surface area contributed by atoms with Gasteiger partial charge < -0.3 is 18.9 Å². The van der Waals surface area contributed by atoms with Gasteiger partial charge >= 0.3 is 19.8 Å². The minimum atomic E-state index is -4.38. The summed E-state index contributed by atoms with van der Waals surface area (Å²) in [6.07, 6.45) is 70.9. The fourth-order valence-corrected chi connectivity index (χ4v) is 10.2. The number of quaternary nitrogens is 1. The van der Waals surface area contributed by atoms with E-state index in [1.54, 1.807) is 0 Å². The lowest BCUT2D eigenvalue weighted by Gasteiger charge is -2.24. The molecular weight excluding hydrogens is 954 g/mol. The third-order valence-electron chi connectivity index (χ3n) is 14.4. The van der Waals surface area contributed by atoms with Gasteiger partial charge in [-0.3, -0.25) is 18.6 Å². The van der Waals surface area contributed by atoms with E-state index in [1.807, 2.05) is 21.1 Å². The van der Waals surface area contributed by atoms with Crippen molar-refractivity contribution >= 4 is 19.8 Å². The van der Waals surface area contributed by atoms with E-state index in [0.29, 0.717) is 23.9 Å². The van der Waals surface area contributed by atoms with Gasteiger partial charge in [-0.05, 0) is 51.4 Å². The minimum absolute atomic E-state index is 0.0347. The summed E-state index contributed by atoms with van der Waals surface area (Å²) in [5.74, 6) is -0.778. The Bertz CT molecular complexity index is 1360. The van der Waals surface area contributed by atoms with Crippen LogP contribution in [0, 0.1) is 0 Å². The summed E-state index contributed by atoms with van der Waals surface area (Å²) in [4.78, 5) is 35.7. The average Bonchev–Trinajstić information content (AvgIpc) is 3.37. The van der Waals surface area contributed by atoms with E-state index in [9.17, 15) is 19.0 Å². The molecule has 0 saturated heterocycles. The maximum atomic E-state index is 12.8. The van der Waals surface area contributed by atoms with Gasteiger partial charge in [0.25, 0.3) is 0 Å². The number of ether oxygens (including phenoxy) is 2. The third kappa shape index (κ3) is 61.3. The molecule has 75 heavy (non-hydrogen) atoms. The molecule has 0 amide bonds. The summed E-state index contributed by atoms with van der Waals surface area (Å²) >= 11 is 0. The van der Waals surface area contributed by atoms with Crippen LogP contribution >= 0.6 is 7.82 Å². The van der Waals surface area contributed by atoms with Crippen molar-refractivity contribution in [2.75, 3.05) is 47.5 Å². The van der Waals surface area contributed by atoms with Gasteiger partial charge in [-0.25, -0.2) is 4.57 Å². The number of hydrogen-bond donors (Lipinski definition) is 1. The highest BCUT2D eigenvalue weighted by molar-refractivity contribution is 7.47. The molecule has 9 nitrogen and oxygen atoms in total. The van der Waals surface area contributed by atoms with Crippen LogP contribution in [0.4, 0.5) is 0 Å². The number of esters is 2. The molecule has 0 aliphatic heterocycles. The van der Waals surface area contributed by atoms with Crippen LogP contribution in [0.2, 0.25) is 0 Å². The van der Waals surface area contributed by atoms with Gasteiger partial charge in [0, 0.05) is 12.8 Å². The quantitative estimate of drug-likeness (QED) is 0.0211. The number of phosphoric ester groups is 1. The van der Waals surface area contributed by atoms with Crippen LogP contribution in [0.3, 0.4) is 0 Å². The molecule has 0 saturated carbocycles. The smallest absolute Gasteiger partial charge is 0.462 e. The highest BCUT2D eigenvalue weighted by atomic mass is 31.2. The van der Waals surface area contributed by atoms with Crippen LogP contribution in [0.25, 0.3) is 0 Å². The molecule has 0 bridgehead atoms. The van der Waals surface area contributed by atoms with Crippen LogP contribution in [-0.4, -0.2) is 74.9 Å². The maximum Gasteiger partial charge on any atom is 0.472 e.